The number of nitriles is 1. The molecule has 0 aliphatic carbocycles. The van der Waals surface area contributed by atoms with E-state index in [-0.39, 0.29) is 11.3 Å². The van der Waals surface area contributed by atoms with Crippen molar-refractivity contribution in [2.24, 2.45) is 0 Å². The molecule has 16 heavy (non-hydrogen) atoms. The molecule has 1 aromatic carbocycles. The van der Waals surface area contributed by atoms with Crippen molar-refractivity contribution in [3.05, 3.63) is 34.6 Å². The summed E-state index contributed by atoms with van der Waals surface area (Å²) in [7, 11) is 0. The standard InChI is InChI=1S/C10H8N4OS/c11-5-6-16-10-13-8-4-2-1-3-7(8)9(15)14(10)12/h1-4H,6,12H2. The highest BCUT2D eigenvalue weighted by molar-refractivity contribution is 7.99. The van der Waals surface area contributed by atoms with E-state index in [4.69, 9.17) is 11.1 Å². The van der Waals surface area contributed by atoms with Crippen molar-refractivity contribution in [3.63, 3.8) is 0 Å². The number of benzene rings is 1. The Kier molecular flexibility index (Phi) is 2.79. The maximum absolute atomic E-state index is 11.8. The third-order valence-electron chi connectivity index (χ3n) is 2.04. The Morgan fingerprint density at radius 1 is 1.50 bits per heavy atom. The molecule has 80 valence electrons. The van der Waals surface area contributed by atoms with Crippen LogP contribution in [0, 0.1) is 11.3 Å². The molecule has 0 unspecified atom stereocenters. The lowest BCUT2D eigenvalue weighted by atomic mass is 10.2. The average Bonchev–Trinajstić information content (AvgIpc) is 2.32. The lowest BCUT2D eigenvalue weighted by Crippen LogP contribution is -2.29. The third-order valence-corrected chi connectivity index (χ3v) is 2.86. The van der Waals surface area contributed by atoms with E-state index in [2.05, 4.69) is 4.98 Å². The zero-order valence-corrected chi connectivity index (χ0v) is 9.07. The number of nitrogens with two attached hydrogens (primary N) is 1. The van der Waals surface area contributed by atoms with Crippen molar-refractivity contribution in [2.45, 2.75) is 5.16 Å². The Morgan fingerprint density at radius 3 is 3.00 bits per heavy atom. The number of thioether (sulfide) groups is 1. The number of fused-ring (bicyclic) bond motifs is 1. The average molecular weight is 232 g/mol. The third kappa shape index (κ3) is 1.73. The fourth-order valence-electron chi connectivity index (χ4n) is 1.32. The minimum absolute atomic E-state index is 0.210. The number of aromatic nitrogens is 2. The van der Waals surface area contributed by atoms with Gasteiger partial charge < -0.3 is 5.84 Å². The van der Waals surface area contributed by atoms with Crippen molar-refractivity contribution in [1.29, 1.82) is 5.26 Å². The first kappa shape index (κ1) is 10.5. The molecule has 1 heterocycles. The summed E-state index contributed by atoms with van der Waals surface area (Å²) in [6.45, 7) is 0. The molecule has 0 saturated heterocycles. The summed E-state index contributed by atoms with van der Waals surface area (Å²) in [6, 6.07) is 8.94. The summed E-state index contributed by atoms with van der Waals surface area (Å²) >= 11 is 1.14. The SMILES string of the molecule is N#CCSc1nc2ccccc2c(=O)n1N. The van der Waals surface area contributed by atoms with Crippen LogP contribution in [-0.4, -0.2) is 15.4 Å². The molecule has 0 amide bonds. The van der Waals surface area contributed by atoms with Crippen LogP contribution >= 0.6 is 11.8 Å². The van der Waals surface area contributed by atoms with Crippen LogP contribution in [0.1, 0.15) is 0 Å². The maximum atomic E-state index is 11.8. The normalized spacial score (nSPS) is 10.2. The summed E-state index contributed by atoms with van der Waals surface area (Å²) in [4.78, 5) is 16.0. The van der Waals surface area contributed by atoms with Gasteiger partial charge >= 0.3 is 0 Å². The first-order valence-corrected chi connectivity index (χ1v) is 5.49. The fraction of sp³-hybridized carbons (Fsp3) is 0.100. The highest BCUT2D eigenvalue weighted by Gasteiger charge is 2.08. The Labute approximate surface area is 95.5 Å². The molecule has 0 aliphatic heterocycles. The van der Waals surface area contributed by atoms with Gasteiger partial charge in [-0.1, -0.05) is 23.9 Å². The van der Waals surface area contributed by atoms with Gasteiger partial charge in [-0.15, -0.1) is 0 Å². The van der Waals surface area contributed by atoms with Gasteiger partial charge in [0.1, 0.15) is 0 Å². The van der Waals surface area contributed by atoms with Crippen molar-refractivity contribution in [2.75, 3.05) is 11.6 Å². The van der Waals surface area contributed by atoms with Crippen LogP contribution in [0.5, 0.6) is 0 Å². The van der Waals surface area contributed by atoms with Crippen molar-refractivity contribution < 1.29 is 0 Å². The number of hydrogen-bond donors (Lipinski definition) is 1. The van der Waals surface area contributed by atoms with Crippen LogP contribution < -0.4 is 11.4 Å². The Hall–Kier alpha value is -2.00. The number of para-hydroxylation sites is 1. The second-order valence-electron chi connectivity index (χ2n) is 3.03. The molecule has 0 aliphatic rings. The van der Waals surface area contributed by atoms with Crippen LogP contribution in [0.25, 0.3) is 10.9 Å². The molecule has 0 saturated carbocycles. The van der Waals surface area contributed by atoms with Gasteiger partial charge in [-0.3, -0.25) is 4.79 Å². The highest BCUT2D eigenvalue weighted by Crippen LogP contribution is 2.15. The second kappa shape index (κ2) is 4.24. The van der Waals surface area contributed by atoms with Gasteiger partial charge in [0.2, 0.25) is 0 Å². The lowest BCUT2D eigenvalue weighted by molar-refractivity contribution is 0.780. The van der Waals surface area contributed by atoms with E-state index in [0.29, 0.717) is 16.1 Å². The largest absolute Gasteiger partial charge is 0.334 e. The monoisotopic (exact) mass is 232 g/mol. The number of rotatable bonds is 2. The summed E-state index contributed by atoms with van der Waals surface area (Å²) in [5, 5.41) is 9.30. The molecule has 2 rings (SSSR count). The van der Waals surface area contributed by atoms with Crippen molar-refractivity contribution in [3.8, 4) is 6.07 Å². The van der Waals surface area contributed by atoms with Gasteiger partial charge in [0.25, 0.3) is 5.56 Å². The molecular weight excluding hydrogens is 224 g/mol. The molecule has 5 nitrogen and oxygen atoms in total. The molecule has 1 aromatic heterocycles. The highest BCUT2D eigenvalue weighted by atomic mass is 32.2. The van der Waals surface area contributed by atoms with Crippen molar-refractivity contribution in [1.82, 2.24) is 9.66 Å². The van der Waals surface area contributed by atoms with E-state index >= 15 is 0 Å². The van der Waals surface area contributed by atoms with Gasteiger partial charge in [0.15, 0.2) is 5.16 Å². The molecule has 0 atom stereocenters. The summed E-state index contributed by atoms with van der Waals surface area (Å²) < 4.78 is 0.977. The topological polar surface area (TPSA) is 84.7 Å². The molecular formula is C10H8N4OS. The van der Waals surface area contributed by atoms with Crippen LogP contribution in [0.4, 0.5) is 0 Å². The smallest absolute Gasteiger partial charge is 0.280 e. The fourth-order valence-corrected chi connectivity index (χ4v) is 1.90. The van der Waals surface area contributed by atoms with Gasteiger partial charge in [-0.05, 0) is 12.1 Å². The van der Waals surface area contributed by atoms with Crippen LogP contribution in [-0.2, 0) is 0 Å². The molecule has 6 heteroatoms. The van der Waals surface area contributed by atoms with Gasteiger partial charge in [0, 0.05) is 0 Å². The van der Waals surface area contributed by atoms with Gasteiger partial charge in [0.05, 0.1) is 22.7 Å². The van der Waals surface area contributed by atoms with E-state index in [9.17, 15) is 4.79 Å². The second-order valence-corrected chi connectivity index (χ2v) is 3.98. The van der Waals surface area contributed by atoms with Crippen LogP contribution in [0.3, 0.4) is 0 Å². The van der Waals surface area contributed by atoms with Gasteiger partial charge in [-0.25, -0.2) is 9.66 Å². The summed E-state index contributed by atoms with van der Waals surface area (Å²) in [5.41, 5.74) is 0.292. The van der Waals surface area contributed by atoms with Crippen LogP contribution in [0.15, 0.2) is 34.2 Å². The zero-order chi connectivity index (χ0) is 11.5. The van der Waals surface area contributed by atoms with Crippen LogP contribution in [0.2, 0.25) is 0 Å². The molecule has 0 fully saturated rings. The van der Waals surface area contributed by atoms with Gasteiger partial charge in [-0.2, -0.15) is 5.26 Å². The van der Waals surface area contributed by atoms with E-state index in [1.54, 1.807) is 24.3 Å². The van der Waals surface area contributed by atoms with E-state index in [1.807, 2.05) is 6.07 Å². The number of nitrogens with zero attached hydrogens (tertiary/aromatic N) is 3. The summed E-state index contributed by atoms with van der Waals surface area (Å²) in [6.07, 6.45) is 0. The van der Waals surface area contributed by atoms with E-state index in [0.717, 1.165) is 16.4 Å². The predicted octanol–water partition coefficient (Wildman–Crippen LogP) is 0.726. The van der Waals surface area contributed by atoms with Crippen molar-refractivity contribution >= 4 is 22.7 Å². The molecule has 2 N–H and O–H groups in total. The van der Waals surface area contributed by atoms with E-state index < -0.39 is 0 Å². The predicted molar refractivity (Wildman–Crippen MR) is 62.5 cm³/mol. The quantitative estimate of drug-likeness (QED) is 0.468. The minimum atomic E-state index is -0.300. The molecule has 2 aromatic rings. The zero-order valence-electron chi connectivity index (χ0n) is 8.25. The number of hydrogen-bond acceptors (Lipinski definition) is 5. The lowest BCUT2D eigenvalue weighted by Gasteiger charge is -2.06. The summed E-state index contributed by atoms with van der Waals surface area (Å²) in [5.74, 6) is 5.81. The first-order valence-electron chi connectivity index (χ1n) is 4.50. The Balaban J connectivity index is 2.65. The first-order chi connectivity index (χ1) is 7.74. The Morgan fingerprint density at radius 2 is 2.25 bits per heavy atom. The molecule has 0 spiro atoms. The van der Waals surface area contributed by atoms with E-state index in [1.165, 1.54) is 0 Å². The minimum Gasteiger partial charge on any atom is -0.334 e. The Bertz CT molecular complexity index is 629. The maximum Gasteiger partial charge on any atom is 0.280 e. The number of nitrogen functional groups attached to an aromatic ring is 1. The molecule has 0 bridgehead atoms. The molecule has 0 radical (unpaired) electrons.